The Kier molecular flexibility index (Phi) is 4.13. The van der Waals surface area contributed by atoms with Crippen LogP contribution in [0.4, 0.5) is 11.4 Å². The number of carbonyl (C=O) groups is 2. The second kappa shape index (κ2) is 6.10. The average molecular weight is 333 g/mol. The smallest absolute Gasteiger partial charge is 0.311 e. The van der Waals surface area contributed by atoms with Gasteiger partial charge in [0.2, 0.25) is 11.8 Å². The molecule has 24 heavy (non-hydrogen) atoms. The molecule has 8 nitrogen and oxygen atoms in total. The Morgan fingerprint density at radius 1 is 1.33 bits per heavy atom. The third-order valence-electron chi connectivity index (χ3n) is 4.87. The zero-order valence-corrected chi connectivity index (χ0v) is 13.4. The minimum absolute atomic E-state index is 0.0898. The van der Waals surface area contributed by atoms with Crippen molar-refractivity contribution in [1.82, 2.24) is 5.32 Å². The van der Waals surface area contributed by atoms with Gasteiger partial charge in [0.1, 0.15) is 0 Å². The minimum Gasteiger partial charge on any atom is -0.490 e. The summed E-state index contributed by atoms with van der Waals surface area (Å²) in [6, 6.07) is 4.70. The zero-order chi connectivity index (χ0) is 17.3. The number of imide groups is 1. The first-order chi connectivity index (χ1) is 11.4. The molecule has 0 bridgehead atoms. The monoisotopic (exact) mass is 333 g/mol. The van der Waals surface area contributed by atoms with E-state index in [0.717, 1.165) is 5.69 Å². The lowest BCUT2D eigenvalue weighted by Gasteiger charge is -2.26. The number of nitrogens with one attached hydrogen (secondary N) is 1. The third kappa shape index (κ3) is 2.79. The second-order valence-electron chi connectivity index (χ2n) is 6.30. The molecule has 1 aromatic carbocycles. The van der Waals surface area contributed by atoms with Gasteiger partial charge in [-0.25, -0.2) is 0 Å². The molecule has 2 heterocycles. The van der Waals surface area contributed by atoms with Crippen molar-refractivity contribution < 1.29 is 19.2 Å². The van der Waals surface area contributed by atoms with Crippen LogP contribution in [0.25, 0.3) is 0 Å². The van der Waals surface area contributed by atoms with Crippen molar-refractivity contribution >= 4 is 23.2 Å². The van der Waals surface area contributed by atoms with Crippen LogP contribution in [0.5, 0.6) is 5.75 Å². The van der Waals surface area contributed by atoms with Gasteiger partial charge < -0.3 is 9.64 Å². The van der Waals surface area contributed by atoms with Gasteiger partial charge in [-0.05, 0) is 25.3 Å². The first-order valence-electron chi connectivity index (χ1n) is 7.87. The zero-order valence-electron chi connectivity index (χ0n) is 13.4. The fraction of sp³-hybridized carbons (Fsp3) is 0.500. The number of nitrogens with zero attached hydrogens (tertiary/aromatic N) is 2. The van der Waals surface area contributed by atoms with Crippen LogP contribution in [0.15, 0.2) is 18.2 Å². The van der Waals surface area contributed by atoms with Crippen LogP contribution in [-0.4, -0.2) is 36.9 Å². The van der Waals surface area contributed by atoms with Gasteiger partial charge in [-0.15, -0.1) is 0 Å². The molecule has 0 saturated carbocycles. The van der Waals surface area contributed by atoms with Gasteiger partial charge in [-0.3, -0.25) is 25.0 Å². The third-order valence-corrected chi connectivity index (χ3v) is 4.87. The first-order valence-corrected chi connectivity index (χ1v) is 7.87. The van der Waals surface area contributed by atoms with Crippen molar-refractivity contribution in [3.8, 4) is 5.75 Å². The number of benzene rings is 1. The van der Waals surface area contributed by atoms with E-state index < -0.39 is 10.3 Å². The number of amides is 2. The highest BCUT2D eigenvalue weighted by Gasteiger charge is 2.46. The summed E-state index contributed by atoms with van der Waals surface area (Å²) in [5.74, 6) is -0.229. The summed E-state index contributed by atoms with van der Waals surface area (Å²) in [4.78, 5) is 36.5. The highest BCUT2D eigenvalue weighted by atomic mass is 16.6. The lowest BCUT2D eigenvalue weighted by molar-refractivity contribution is -0.385. The van der Waals surface area contributed by atoms with Crippen molar-refractivity contribution in [3.63, 3.8) is 0 Å². The largest absolute Gasteiger partial charge is 0.490 e. The van der Waals surface area contributed by atoms with Crippen molar-refractivity contribution in [3.05, 3.63) is 28.3 Å². The first kappa shape index (κ1) is 16.2. The molecule has 0 radical (unpaired) electrons. The average Bonchev–Trinajstić information content (AvgIpc) is 2.93. The molecule has 0 aromatic heterocycles. The van der Waals surface area contributed by atoms with Gasteiger partial charge in [0.15, 0.2) is 5.75 Å². The van der Waals surface area contributed by atoms with E-state index in [1.165, 1.54) is 13.2 Å². The second-order valence-corrected chi connectivity index (χ2v) is 6.30. The Morgan fingerprint density at radius 2 is 2.12 bits per heavy atom. The predicted molar refractivity (Wildman–Crippen MR) is 85.9 cm³/mol. The van der Waals surface area contributed by atoms with E-state index in [1.54, 1.807) is 12.1 Å². The van der Waals surface area contributed by atoms with E-state index in [4.69, 9.17) is 4.74 Å². The van der Waals surface area contributed by atoms with Crippen LogP contribution < -0.4 is 15.0 Å². The van der Waals surface area contributed by atoms with Gasteiger partial charge in [-0.2, -0.15) is 0 Å². The highest BCUT2D eigenvalue weighted by molar-refractivity contribution is 5.99. The number of carbonyl (C=O) groups excluding carboxylic acids is 2. The van der Waals surface area contributed by atoms with E-state index in [2.05, 4.69) is 5.32 Å². The number of nitro benzene ring substituents is 1. The van der Waals surface area contributed by atoms with Crippen molar-refractivity contribution in [2.24, 2.45) is 5.41 Å². The summed E-state index contributed by atoms with van der Waals surface area (Å²) in [5, 5.41) is 13.5. The topological polar surface area (TPSA) is 102 Å². The van der Waals surface area contributed by atoms with Gasteiger partial charge >= 0.3 is 5.69 Å². The summed E-state index contributed by atoms with van der Waals surface area (Å²) in [7, 11) is 1.39. The normalized spacial score (nSPS) is 24.0. The molecule has 2 aliphatic heterocycles. The molecule has 3 rings (SSSR count). The molecule has 1 atom stereocenters. The van der Waals surface area contributed by atoms with Gasteiger partial charge in [0.05, 0.1) is 17.4 Å². The number of ether oxygens (including phenoxy) is 1. The summed E-state index contributed by atoms with van der Waals surface area (Å²) in [6.45, 7) is 1.15. The van der Waals surface area contributed by atoms with Gasteiger partial charge in [-0.1, -0.05) is 0 Å². The standard InChI is InChI=1S/C16H19N3O5/c1-24-13-9-11(4-5-12(13)19(22)23)18-8-7-16(10-18)6-2-3-14(20)17-15(16)21/h4-5,9H,2-3,6-8,10H2,1H3,(H,17,20,21). The van der Waals surface area contributed by atoms with Crippen LogP contribution in [0.2, 0.25) is 0 Å². The SMILES string of the molecule is COc1cc(N2CCC3(CCCC(=O)NC3=O)C2)ccc1[N+](=O)[O-]. The molecule has 1 spiro atoms. The number of rotatable bonds is 3. The maximum atomic E-state index is 12.4. The van der Waals surface area contributed by atoms with E-state index in [0.29, 0.717) is 38.8 Å². The maximum absolute atomic E-state index is 12.4. The number of methoxy groups -OCH3 is 1. The van der Waals surface area contributed by atoms with Crippen molar-refractivity contribution in [2.45, 2.75) is 25.7 Å². The predicted octanol–water partition coefficient (Wildman–Crippen LogP) is 1.63. The minimum atomic E-state index is -0.568. The number of hydrogen-bond acceptors (Lipinski definition) is 6. The molecule has 0 aliphatic carbocycles. The maximum Gasteiger partial charge on any atom is 0.311 e. The van der Waals surface area contributed by atoms with E-state index in [9.17, 15) is 19.7 Å². The van der Waals surface area contributed by atoms with E-state index >= 15 is 0 Å². The van der Waals surface area contributed by atoms with Crippen molar-refractivity contribution in [1.29, 1.82) is 0 Å². The Bertz CT molecular complexity index is 705. The molecule has 128 valence electrons. The molecule has 1 N–H and O–H groups in total. The van der Waals surface area contributed by atoms with Gasteiger partial charge in [0, 0.05) is 37.3 Å². The Balaban J connectivity index is 1.84. The Labute approximate surface area is 138 Å². The number of nitro groups is 1. The molecule has 2 fully saturated rings. The van der Waals surface area contributed by atoms with E-state index in [-0.39, 0.29) is 23.3 Å². The summed E-state index contributed by atoms with van der Waals surface area (Å²) in [6.07, 6.45) is 2.39. The quantitative estimate of drug-likeness (QED) is 0.512. The van der Waals surface area contributed by atoms with Crippen LogP contribution in [0.3, 0.4) is 0 Å². The van der Waals surface area contributed by atoms with Crippen LogP contribution in [0.1, 0.15) is 25.7 Å². The molecule has 2 aliphatic rings. The summed E-state index contributed by atoms with van der Waals surface area (Å²) >= 11 is 0. The Morgan fingerprint density at radius 3 is 2.83 bits per heavy atom. The molecular formula is C16H19N3O5. The lowest BCUT2D eigenvalue weighted by Crippen LogP contribution is -2.43. The Hall–Kier alpha value is -2.64. The number of hydrogen-bond donors (Lipinski definition) is 1. The summed E-state index contributed by atoms with van der Waals surface area (Å²) in [5.41, 5.74) is 0.118. The molecular weight excluding hydrogens is 314 g/mol. The molecule has 1 aromatic rings. The molecule has 2 saturated heterocycles. The molecule has 1 unspecified atom stereocenters. The fourth-order valence-electron chi connectivity index (χ4n) is 3.52. The number of anilines is 1. The van der Waals surface area contributed by atoms with Crippen LogP contribution >= 0.6 is 0 Å². The van der Waals surface area contributed by atoms with Crippen molar-refractivity contribution in [2.75, 3.05) is 25.1 Å². The van der Waals surface area contributed by atoms with Crippen LogP contribution in [0, 0.1) is 15.5 Å². The van der Waals surface area contributed by atoms with Crippen LogP contribution in [-0.2, 0) is 9.59 Å². The lowest BCUT2D eigenvalue weighted by atomic mass is 9.82. The summed E-state index contributed by atoms with van der Waals surface area (Å²) < 4.78 is 5.11. The molecule has 8 heteroatoms. The van der Waals surface area contributed by atoms with E-state index in [1.807, 2.05) is 4.90 Å². The molecule has 2 amide bonds. The van der Waals surface area contributed by atoms with Gasteiger partial charge in [0.25, 0.3) is 0 Å². The fourth-order valence-corrected chi connectivity index (χ4v) is 3.52. The highest BCUT2D eigenvalue weighted by Crippen LogP contribution is 2.41.